The summed E-state index contributed by atoms with van der Waals surface area (Å²) in [7, 11) is 2.58. The highest BCUT2D eigenvalue weighted by molar-refractivity contribution is 8.77. The molecule has 0 saturated heterocycles. The van der Waals surface area contributed by atoms with Crippen LogP contribution in [0.5, 0.6) is 0 Å². The van der Waals surface area contributed by atoms with Gasteiger partial charge in [-0.15, -0.1) is 0 Å². The fourth-order valence-electron chi connectivity index (χ4n) is 0.272. The van der Waals surface area contributed by atoms with Gasteiger partial charge in [0.05, 0.1) is 0 Å². The van der Waals surface area contributed by atoms with Crippen LogP contribution in [0.1, 0.15) is 0 Å². The molecular formula is C3H3NO2S2. The molecule has 0 saturated carbocycles. The summed E-state index contributed by atoms with van der Waals surface area (Å²) in [5, 5.41) is 9.97. The molecule has 0 aromatic rings. The van der Waals surface area contributed by atoms with E-state index in [4.69, 9.17) is 5.11 Å². The first-order chi connectivity index (χ1) is 3.80. The number of hydrogen-bond donors (Lipinski definition) is 1. The normalized spacial score (nSPS) is 17.2. The first-order valence-corrected chi connectivity index (χ1v) is 4.00. The van der Waals surface area contributed by atoms with Crippen LogP contribution >= 0.6 is 21.8 Å². The fourth-order valence-corrected chi connectivity index (χ4v) is 1.75. The van der Waals surface area contributed by atoms with Crippen molar-refractivity contribution < 1.29 is 9.90 Å². The predicted molar refractivity (Wildman–Crippen MR) is 34.2 cm³/mol. The Morgan fingerprint density at radius 1 is 1.75 bits per heavy atom. The lowest BCUT2D eigenvalue weighted by Crippen LogP contribution is -2.11. The van der Waals surface area contributed by atoms with Crippen molar-refractivity contribution in [3.8, 4) is 0 Å². The summed E-state index contributed by atoms with van der Waals surface area (Å²) in [5.74, 6) is 0. The Morgan fingerprint density at radius 3 is 2.75 bits per heavy atom. The lowest BCUT2D eigenvalue weighted by atomic mass is 10.9. The number of carbonyl (C=O) groups is 1. The van der Waals surface area contributed by atoms with E-state index in [0.29, 0.717) is 0 Å². The van der Waals surface area contributed by atoms with Crippen LogP contribution in [0.25, 0.3) is 0 Å². The maximum absolute atomic E-state index is 10.0. The van der Waals surface area contributed by atoms with E-state index in [9.17, 15) is 4.79 Å². The third-order valence-corrected chi connectivity index (χ3v) is 2.39. The molecule has 0 fully saturated rings. The van der Waals surface area contributed by atoms with Gasteiger partial charge in [0.15, 0.2) is 0 Å². The molecule has 1 rings (SSSR count). The zero-order valence-corrected chi connectivity index (χ0v) is 5.41. The van der Waals surface area contributed by atoms with Gasteiger partial charge in [-0.2, -0.15) is 0 Å². The smallest absolute Gasteiger partial charge is 0.422 e. The quantitative estimate of drug-likeness (QED) is 0.420. The van der Waals surface area contributed by atoms with Gasteiger partial charge in [-0.3, -0.25) is 0 Å². The Bertz CT molecular complexity index is 135. The van der Waals surface area contributed by atoms with E-state index in [1.807, 2.05) is 0 Å². The first kappa shape index (κ1) is 5.84. The average molecular weight is 149 g/mol. The number of rotatable bonds is 0. The summed E-state index contributed by atoms with van der Waals surface area (Å²) in [6.07, 6.45) is 0.591. The molecule has 1 amide bonds. The number of nitrogens with zero attached hydrogens (tertiary/aromatic N) is 1. The van der Waals surface area contributed by atoms with E-state index >= 15 is 0 Å². The number of hydrogen-bond acceptors (Lipinski definition) is 3. The summed E-state index contributed by atoms with van der Waals surface area (Å²) >= 11 is 0. The van der Waals surface area contributed by atoms with Crippen molar-refractivity contribution in [2.24, 2.45) is 0 Å². The zero-order chi connectivity index (χ0) is 5.98. The molecule has 1 N–H and O–H groups in total. The Labute approximate surface area is 54.3 Å². The second-order valence-electron chi connectivity index (χ2n) is 1.06. The molecule has 0 spiro atoms. The second-order valence-corrected chi connectivity index (χ2v) is 3.10. The van der Waals surface area contributed by atoms with Gasteiger partial charge in [0.2, 0.25) is 0 Å². The highest BCUT2D eigenvalue weighted by atomic mass is 33.1. The molecule has 1 aliphatic rings. The van der Waals surface area contributed by atoms with Crippen molar-refractivity contribution in [1.82, 2.24) is 4.31 Å². The molecule has 0 unspecified atom stereocenters. The molecule has 0 aromatic heterocycles. The molecule has 8 heavy (non-hydrogen) atoms. The molecule has 0 aromatic carbocycles. The molecule has 0 atom stereocenters. The van der Waals surface area contributed by atoms with Gasteiger partial charge < -0.3 is 5.11 Å². The van der Waals surface area contributed by atoms with Crippen molar-refractivity contribution in [3.05, 3.63) is 11.6 Å². The third kappa shape index (κ3) is 1.10. The Balaban J connectivity index is 2.48. The predicted octanol–water partition coefficient (Wildman–Crippen LogP) is 1.75. The average Bonchev–Trinajstić information content (AvgIpc) is 2.12. The van der Waals surface area contributed by atoms with Crippen LogP contribution in [0.3, 0.4) is 0 Å². The summed E-state index contributed by atoms with van der Waals surface area (Å²) in [6.45, 7) is 0. The summed E-state index contributed by atoms with van der Waals surface area (Å²) < 4.78 is 1.14. The van der Waals surface area contributed by atoms with E-state index in [1.54, 1.807) is 5.41 Å². The van der Waals surface area contributed by atoms with Gasteiger partial charge >= 0.3 is 6.09 Å². The molecule has 44 valence electrons. The van der Waals surface area contributed by atoms with Gasteiger partial charge in [0.25, 0.3) is 0 Å². The van der Waals surface area contributed by atoms with Gasteiger partial charge in [-0.25, -0.2) is 9.10 Å². The molecular weight excluding hydrogens is 146 g/mol. The van der Waals surface area contributed by atoms with Crippen LogP contribution in [0.15, 0.2) is 11.6 Å². The van der Waals surface area contributed by atoms with E-state index < -0.39 is 6.09 Å². The van der Waals surface area contributed by atoms with Crippen LogP contribution in [-0.4, -0.2) is 15.5 Å². The van der Waals surface area contributed by atoms with Crippen LogP contribution in [0.4, 0.5) is 4.79 Å². The fraction of sp³-hybridized carbons (Fsp3) is 0. The zero-order valence-electron chi connectivity index (χ0n) is 3.77. The van der Waals surface area contributed by atoms with E-state index in [0.717, 1.165) is 4.31 Å². The largest absolute Gasteiger partial charge is 0.464 e. The van der Waals surface area contributed by atoms with Gasteiger partial charge in [-0.05, 0) is 10.8 Å². The molecule has 3 nitrogen and oxygen atoms in total. The van der Waals surface area contributed by atoms with E-state index in [-0.39, 0.29) is 0 Å². The maximum Gasteiger partial charge on any atom is 0.422 e. The van der Waals surface area contributed by atoms with Gasteiger partial charge in [0, 0.05) is 22.6 Å². The summed E-state index contributed by atoms with van der Waals surface area (Å²) in [5.41, 5.74) is 0. The van der Waals surface area contributed by atoms with Crippen molar-refractivity contribution in [2.75, 3.05) is 0 Å². The number of carboxylic acid groups (broad SMARTS) is 1. The van der Waals surface area contributed by atoms with Crippen LogP contribution in [0.2, 0.25) is 0 Å². The Hall–Kier alpha value is -0.290. The molecule has 1 heterocycles. The Morgan fingerprint density at radius 2 is 2.50 bits per heavy atom. The molecule has 0 aliphatic carbocycles. The maximum atomic E-state index is 10.0. The minimum atomic E-state index is -0.920. The highest BCUT2D eigenvalue weighted by Crippen LogP contribution is 2.33. The minimum absolute atomic E-state index is 0.920. The minimum Gasteiger partial charge on any atom is -0.464 e. The highest BCUT2D eigenvalue weighted by Gasteiger charge is 2.12. The lowest BCUT2D eigenvalue weighted by Gasteiger charge is -2.01. The van der Waals surface area contributed by atoms with E-state index in [1.165, 1.54) is 28.0 Å². The molecule has 5 heteroatoms. The second kappa shape index (κ2) is 2.32. The van der Waals surface area contributed by atoms with Crippen molar-refractivity contribution in [2.45, 2.75) is 0 Å². The summed E-state index contributed by atoms with van der Waals surface area (Å²) in [4.78, 5) is 10.0. The Kier molecular flexibility index (Phi) is 1.69. The third-order valence-electron chi connectivity index (χ3n) is 0.564. The monoisotopic (exact) mass is 149 g/mol. The molecule has 1 aliphatic heterocycles. The summed E-state index contributed by atoms with van der Waals surface area (Å²) in [6, 6.07) is 0. The first-order valence-electron chi connectivity index (χ1n) is 1.83. The van der Waals surface area contributed by atoms with Gasteiger partial charge in [-0.1, -0.05) is 0 Å². The molecule has 0 radical (unpaired) electrons. The van der Waals surface area contributed by atoms with Crippen molar-refractivity contribution in [3.63, 3.8) is 0 Å². The molecule has 0 bridgehead atoms. The van der Waals surface area contributed by atoms with E-state index in [2.05, 4.69) is 0 Å². The van der Waals surface area contributed by atoms with Crippen molar-refractivity contribution >= 4 is 27.9 Å². The van der Waals surface area contributed by atoms with Crippen LogP contribution in [0, 0.1) is 0 Å². The van der Waals surface area contributed by atoms with Crippen LogP contribution < -0.4 is 0 Å². The van der Waals surface area contributed by atoms with Crippen molar-refractivity contribution in [1.29, 1.82) is 0 Å². The lowest BCUT2D eigenvalue weighted by molar-refractivity contribution is 0.184. The van der Waals surface area contributed by atoms with Crippen LogP contribution in [-0.2, 0) is 0 Å². The SMILES string of the molecule is O=C(O)N1C=CSS1. The topological polar surface area (TPSA) is 40.5 Å². The standard InChI is InChI=1S/C3H3NO2S2/c5-3(6)4-1-2-7-8-4/h1-2H,(H,5,6). The van der Waals surface area contributed by atoms with Gasteiger partial charge in [0.1, 0.15) is 0 Å². The number of amides is 1.